The third kappa shape index (κ3) is 3.71. The number of carbonyl (C=O) groups is 1. The molecule has 1 aromatic heterocycles. The molecule has 0 radical (unpaired) electrons. The minimum absolute atomic E-state index is 0. The molecule has 1 N–H and O–H groups in total. The van der Waals surface area contributed by atoms with Crippen LogP contribution >= 0.6 is 12.4 Å². The zero-order chi connectivity index (χ0) is 18.3. The summed E-state index contributed by atoms with van der Waals surface area (Å²) in [5, 5.41) is 3.34. The van der Waals surface area contributed by atoms with E-state index in [1.807, 2.05) is 17.8 Å². The van der Waals surface area contributed by atoms with E-state index in [1.54, 1.807) is 11.1 Å². The number of amides is 1. The lowest BCUT2D eigenvalue weighted by molar-refractivity contribution is 0.0680. The van der Waals surface area contributed by atoms with E-state index < -0.39 is 17.5 Å². The molecule has 2 fully saturated rings. The highest BCUT2D eigenvalue weighted by Crippen LogP contribution is 2.56. The molecule has 1 spiro atoms. The van der Waals surface area contributed by atoms with Crippen molar-refractivity contribution in [3.05, 3.63) is 53.6 Å². The molecule has 1 saturated heterocycles. The lowest BCUT2D eigenvalue weighted by Gasteiger charge is -2.29. The van der Waals surface area contributed by atoms with E-state index in [0.29, 0.717) is 0 Å². The Balaban J connectivity index is 0.00000210. The summed E-state index contributed by atoms with van der Waals surface area (Å²) in [5.41, 5.74) is -0.120. The average molecular weight is 397 g/mol. The Morgan fingerprint density at radius 3 is 2.78 bits per heavy atom. The second kappa shape index (κ2) is 7.56. The van der Waals surface area contributed by atoms with Gasteiger partial charge in [-0.1, -0.05) is 0 Å². The first-order valence-corrected chi connectivity index (χ1v) is 8.93. The number of hydrogen-bond donors (Lipinski definition) is 1. The maximum atomic E-state index is 14.2. The zero-order valence-corrected chi connectivity index (χ0v) is 15.9. The van der Waals surface area contributed by atoms with Crippen LogP contribution in [0.25, 0.3) is 0 Å². The van der Waals surface area contributed by atoms with Crippen molar-refractivity contribution < 1.29 is 13.6 Å². The lowest BCUT2D eigenvalue weighted by atomic mass is 9.93. The van der Waals surface area contributed by atoms with Gasteiger partial charge in [-0.15, -0.1) is 12.4 Å². The average Bonchev–Trinajstić information content (AvgIpc) is 3.14. The summed E-state index contributed by atoms with van der Waals surface area (Å²) < 4.78 is 29.7. The Morgan fingerprint density at radius 1 is 1.37 bits per heavy atom. The predicted octanol–water partition coefficient (Wildman–Crippen LogP) is 2.90. The molecule has 4 rings (SSSR count). The van der Waals surface area contributed by atoms with E-state index in [2.05, 4.69) is 10.3 Å². The fourth-order valence-corrected chi connectivity index (χ4v) is 4.07. The van der Waals surface area contributed by atoms with E-state index in [9.17, 15) is 13.6 Å². The van der Waals surface area contributed by atoms with E-state index in [0.717, 1.165) is 56.4 Å². The molecule has 27 heavy (non-hydrogen) atoms. The van der Waals surface area contributed by atoms with Crippen molar-refractivity contribution in [1.82, 2.24) is 19.8 Å². The molecule has 1 atom stereocenters. The SMILES string of the molecule is Cl.Cn1ccnc1CN(C(=O)c1cc(F)ccc1F)C1CC12CCNCC2. The number of nitrogens with one attached hydrogen (secondary N) is 1. The fraction of sp³-hybridized carbons (Fsp3) is 0.474. The summed E-state index contributed by atoms with van der Waals surface area (Å²) in [6, 6.07) is 3.06. The summed E-state index contributed by atoms with van der Waals surface area (Å²) >= 11 is 0. The van der Waals surface area contributed by atoms with Gasteiger partial charge in [0, 0.05) is 25.5 Å². The number of benzene rings is 1. The first-order valence-electron chi connectivity index (χ1n) is 8.93. The van der Waals surface area contributed by atoms with Crippen LogP contribution in [-0.4, -0.2) is 39.5 Å². The largest absolute Gasteiger partial charge is 0.337 e. The smallest absolute Gasteiger partial charge is 0.257 e. The lowest BCUT2D eigenvalue weighted by Crippen LogP contribution is -2.40. The molecule has 146 valence electrons. The number of imidazole rings is 1. The standard InChI is InChI=1S/C19H22F2N4O.ClH/c1-24-9-8-23-17(24)12-25(16-11-19(16)4-6-22-7-5-19)18(26)14-10-13(20)2-3-15(14)21;/h2-3,8-10,16,22H,4-7,11-12H2,1H3;1H. The van der Waals surface area contributed by atoms with Gasteiger partial charge in [0.25, 0.3) is 5.91 Å². The molecule has 1 aliphatic carbocycles. The predicted molar refractivity (Wildman–Crippen MR) is 99.6 cm³/mol. The van der Waals surface area contributed by atoms with Gasteiger partial charge in [0.2, 0.25) is 0 Å². The second-order valence-corrected chi connectivity index (χ2v) is 7.34. The van der Waals surface area contributed by atoms with Crippen molar-refractivity contribution in [3.63, 3.8) is 0 Å². The summed E-state index contributed by atoms with van der Waals surface area (Å²) in [6.45, 7) is 2.14. The maximum absolute atomic E-state index is 14.2. The molecule has 2 aromatic rings. The minimum Gasteiger partial charge on any atom is -0.337 e. The van der Waals surface area contributed by atoms with Gasteiger partial charge >= 0.3 is 0 Å². The van der Waals surface area contributed by atoms with Crippen LogP contribution < -0.4 is 5.32 Å². The van der Waals surface area contributed by atoms with Gasteiger partial charge in [-0.2, -0.15) is 0 Å². The van der Waals surface area contributed by atoms with Crippen molar-refractivity contribution in [1.29, 1.82) is 0 Å². The molecule has 2 heterocycles. The number of hydrogen-bond acceptors (Lipinski definition) is 3. The van der Waals surface area contributed by atoms with E-state index >= 15 is 0 Å². The van der Waals surface area contributed by atoms with Crippen LogP contribution in [0.4, 0.5) is 8.78 Å². The van der Waals surface area contributed by atoms with Gasteiger partial charge in [-0.25, -0.2) is 13.8 Å². The maximum Gasteiger partial charge on any atom is 0.257 e. The molecule has 1 aliphatic heterocycles. The molecular formula is C19H23ClF2N4O. The quantitative estimate of drug-likeness (QED) is 0.864. The van der Waals surface area contributed by atoms with Crippen LogP contribution in [0.5, 0.6) is 0 Å². The zero-order valence-electron chi connectivity index (χ0n) is 15.1. The van der Waals surface area contributed by atoms with Crippen molar-refractivity contribution in [2.45, 2.75) is 31.8 Å². The Bertz CT molecular complexity index is 835. The molecule has 8 heteroatoms. The summed E-state index contributed by atoms with van der Waals surface area (Å²) in [7, 11) is 1.86. The van der Waals surface area contributed by atoms with Crippen molar-refractivity contribution in [2.75, 3.05) is 13.1 Å². The van der Waals surface area contributed by atoms with Gasteiger partial charge in [-0.05, 0) is 56.0 Å². The molecule has 1 aromatic carbocycles. The molecule has 1 saturated carbocycles. The van der Waals surface area contributed by atoms with Crippen molar-refractivity contribution >= 4 is 18.3 Å². The van der Waals surface area contributed by atoms with Gasteiger partial charge < -0.3 is 14.8 Å². The monoisotopic (exact) mass is 396 g/mol. The molecular weight excluding hydrogens is 374 g/mol. The Labute approximate surface area is 163 Å². The first kappa shape index (κ1) is 19.8. The third-order valence-electron chi connectivity index (χ3n) is 5.77. The molecule has 2 aliphatic rings. The Hall–Kier alpha value is -1.99. The van der Waals surface area contributed by atoms with Crippen LogP contribution in [0.3, 0.4) is 0 Å². The molecule has 0 bridgehead atoms. The van der Waals surface area contributed by atoms with Crippen LogP contribution in [0.15, 0.2) is 30.6 Å². The van der Waals surface area contributed by atoms with E-state index in [1.165, 1.54) is 0 Å². The van der Waals surface area contributed by atoms with Crippen LogP contribution in [0, 0.1) is 17.0 Å². The van der Waals surface area contributed by atoms with E-state index in [-0.39, 0.29) is 36.0 Å². The number of aryl methyl sites for hydroxylation is 1. The minimum atomic E-state index is -0.693. The normalized spacial score (nSPS) is 20.2. The highest BCUT2D eigenvalue weighted by molar-refractivity contribution is 5.95. The number of carbonyl (C=O) groups excluding carboxylic acids is 1. The number of aromatic nitrogens is 2. The Kier molecular flexibility index (Phi) is 5.53. The third-order valence-corrected chi connectivity index (χ3v) is 5.77. The summed E-state index contributed by atoms with van der Waals surface area (Å²) in [6.07, 6.45) is 6.38. The van der Waals surface area contributed by atoms with Gasteiger partial charge in [0.1, 0.15) is 17.5 Å². The number of piperidine rings is 1. The van der Waals surface area contributed by atoms with Gasteiger partial charge in [0.15, 0.2) is 0 Å². The van der Waals surface area contributed by atoms with E-state index in [4.69, 9.17) is 0 Å². The van der Waals surface area contributed by atoms with Crippen LogP contribution in [0.1, 0.15) is 35.4 Å². The van der Waals surface area contributed by atoms with Crippen LogP contribution in [0.2, 0.25) is 0 Å². The molecule has 1 amide bonds. The second-order valence-electron chi connectivity index (χ2n) is 7.34. The highest BCUT2D eigenvalue weighted by Gasteiger charge is 2.58. The van der Waals surface area contributed by atoms with Gasteiger partial charge in [0.05, 0.1) is 12.1 Å². The Morgan fingerprint density at radius 2 is 2.11 bits per heavy atom. The van der Waals surface area contributed by atoms with Gasteiger partial charge in [-0.3, -0.25) is 4.79 Å². The van der Waals surface area contributed by atoms with Crippen molar-refractivity contribution in [3.8, 4) is 0 Å². The molecule has 1 unspecified atom stereocenters. The fourth-order valence-electron chi connectivity index (χ4n) is 4.07. The number of nitrogens with zero attached hydrogens (tertiary/aromatic N) is 3. The topological polar surface area (TPSA) is 50.2 Å². The summed E-state index contributed by atoms with van der Waals surface area (Å²) in [5.74, 6) is -1.04. The van der Waals surface area contributed by atoms with Crippen LogP contribution in [-0.2, 0) is 13.6 Å². The summed E-state index contributed by atoms with van der Waals surface area (Å²) in [4.78, 5) is 19.1. The molecule has 5 nitrogen and oxygen atoms in total. The van der Waals surface area contributed by atoms with Crippen molar-refractivity contribution in [2.24, 2.45) is 12.5 Å². The first-order chi connectivity index (χ1) is 12.5. The number of halogens is 3. The highest BCUT2D eigenvalue weighted by atomic mass is 35.5. The number of rotatable bonds is 4.